The fourth-order valence-corrected chi connectivity index (χ4v) is 2.65. The van der Waals surface area contributed by atoms with Crippen LogP contribution in [0, 0.1) is 23.3 Å². The maximum absolute atomic E-state index is 13.9. The third kappa shape index (κ3) is 2.15. The minimum absolute atomic E-state index is 0.129. The Balaban J connectivity index is 2.13. The van der Waals surface area contributed by atoms with Crippen LogP contribution in [0.15, 0.2) is 24.3 Å². The van der Waals surface area contributed by atoms with Gasteiger partial charge in [0.25, 0.3) is 0 Å². The lowest BCUT2D eigenvalue weighted by Gasteiger charge is -2.21. The van der Waals surface area contributed by atoms with Crippen molar-refractivity contribution in [3.05, 3.63) is 58.7 Å². The maximum atomic E-state index is 13.9. The average molecular weight is 309 g/mol. The van der Waals surface area contributed by atoms with Crippen LogP contribution in [0.25, 0.3) is 0 Å². The van der Waals surface area contributed by atoms with E-state index in [1.807, 2.05) is 0 Å². The van der Waals surface area contributed by atoms with Gasteiger partial charge in [0.2, 0.25) is 0 Å². The average Bonchev–Trinajstić information content (AvgIpc) is 2.88. The minimum Gasteiger partial charge on any atom is -0.336 e. The largest absolute Gasteiger partial charge is 0.336 e. The lowest BCUT2D eigenvalue weighted by Crippen LogP contribution is -2.18. The molecule has 3 rings (SSSR count). The molecule has 6 heteroatoms. The van der Waals surface area contributed by atoms with E-state index in [1.54, 1.807) is 6.07 Å². The van der Waals surface area contributed by atoms with Crippen molar-refractivity contribution in [1.82, 2.24) is 0 Å². The van der Waals surface area contributed by atoms with E-state index in [0.717, 1.165) is 0 Å². The molecule has 0 N–H and O–H groups in total. The Morgan fingerprint density at radius 1 is 1.05 bits per heavy atom. The second-order valence-electron chi connectivity index (χ2n) is 5.12. The SMILES string of the molecule is CC(=O)c1ccc2c(c1)CCN2c1c(F)c(F)cc(F)c1F. The van der Waals surface area contributed by atoms with Crippen molar-refractivity contribution in [2.24, 2.45) is 0 Å². The molecule has 0 atom stereocenters. The van der Waals surface area contributed by atoms with Crippen molar-refractivity contribution in [2.75, 3.05) is 11.4 Å². The number of nitrogens with zero attached hydrogens (tertiary/aromatic N) is 1. The van der Waals surface area contributed by atoms with Gasteiger partial charge in [0.05, 0.1) is 0 Å². The first kappa shape index (κ1) is 14.6. The fourth-order valence-electron chi connectivity index (χ4n) is 2.65. The normalized spacial score (nSPS) is 13.4. The molecule has 1 aliphatic rings. The molecule has 0 bridgehead atoms. The number of rotatable bonds is 2. The molecule has 2 aromatic rings. The number of carbonyl (C=O) groups is 1. The van der Waals surface area contributed by atoms with Gasteiger partial charge in [-0.1, -0.05) is 0 Å². The van der Waals surface area contributed by atoms with Gasteiger partial charge in [-0.25, -0.2) is 17.6 Å². The Hall–Kier alpha value is -2.37. The first-order valence-corrected chi connectivity index (χ1v) is 6.64. The van der Waals surface area contributed by atoms with E-state index in [0.29, 0.717) is 23.2 Å². The van der Waals surface area contributed by atoms with Gasteiger partial charge in [-0.2, -0.15) is 0 Å². The van der Waals surface area contributed by atoms with Gasteiger partial charge < -0.3 is 4.90 Å². The molecule has 0 unspecified atom stereocenters. The van der Waals surface area contributed by atoms with Crippen LogP contribution in [0.5, 0.6) is 0 Å². The monoisotopic (exact) mass is 309 g/mol. The predicted molar refractivity (Wildman–Crippen MR) is 73.4 cm³/mol. The Labute approximate surface area is 124 Å². The Morgan fingerprint density at radius 2 is 1.68 bits per heavy atom. The molecular formula is C16H11F4NO. The summed E-state index contributed by atoms with van der Waals surface area (Å²) in [6.45, 7) is 1.59. The van der Waals surface area contributed by atoms with E-state index in [-0.39, 0.29) is 18.4 Å². The minimum atomic E-state index is -1.44. The van der Waals surface area contributed by atoms with Gasteiger partial charge in [-0.3, -0.25) is 4.79 Å². The molecule has 2 aromatic carbocycles. The molecule has 22 heavy (non-hydrogen) atoms. The highest BCUT2D eigenvalue weighted by Gasteiger charge is 2.29. The third-order valence-corrected chi connectivity index (χ3v) is 3.74. The second kappa shape index (κ2) is 5.12. The lowest BCUT2D eigenvalue weighted by atomic mass is 10.1. The predicted octanol–water partition coefficient (Wildman–Crippen LogP) is 4.14. The molecule has 114 valence electrons. The fraction of sp³-hybridized carbons (Fsp3) is 0.188. The summed E-state index contributed by atoms with van der Waals surface area (Å²) in [7, 11) is 0. The molecule has 0 aliphatic carbocycles. The first-order chi connectivity index (χ1) is 10.4. The number of hydrogen-bond donors (Lipinski definition) is 0. The van der Waals surface area contributed by atoms with Crippen molar-refractivity contribution in [3.63, 3.8) is 0 Å². The molecule has 0 saturated heterocycles. The summed E-state index contributed by atoms with van der Waals surface area (Å²) in [5, 5.41) is 0. The molecule has 0 radical (unpaired) electrons. The number of fused-ring (bicyclic) bond motifs is 1. The van der Waals surface area contributed by atoms with Crippen LogP contribution in [0.2, 0.25) is 0 Å². The van der Waals surface area contributed by atoms with Gasteiger partial charge in [0.15, 0.2) is 29.1 Å². The van der Waals surface area contributed by atoms with Gasteiger partial charge in [0.1, 0.15) is 5.69 Å². The summed E-state index contributed by atoms with van der Waals surface area (Å²) in [5.41, 5.74) is 0.878. The third-order valence-electron chi connectivity index (χ3n) is 3.74. The molecule has 2 nitrogen and oxygen atoms in total. The van der Waals surface area contributed by atoms with E-state index in [2.05, 4.69) is 0 Å². The van der Waals surface area contributed by atoms with Crippen LogP contribution in [-0.2, 0) is 6.42 Å². The number of carbonyl (C=O) groups excluding carboxylic acids is 1. The molecule has 0 amide bonds. The summed E-state index contributed by atoms with van der Waals surface area (Å²) >= 11 is 0. The topological polar surface area (TPSA) is 20.3 Å². The van der Waals surface area contributed by atoms with Gasteiger partial charge in [0, 0.05) is 23.9 Å². The Morgan fingerprint density at radius 3 is 2.27 bits per heavy atom. The Bertz CT molecular complexity index is 762. The van der Waals surface area contributed by atoms with Crippen LogP contribution in [-0.4, -0.2) is 12.3 Å². The molecule has 0 fully saturated rings. The molecular weight excluding hydrogens is 298 g/mol. The van der Waals surface area contributed by atoms with E-state index < -0.39 is 29.0 Å². The van der Waals surface area contributed by atoms with E-state index in [1.165, 1.54) is 24.0 Å². The summed E-state index contributed by atoms with van der Waals surface area (Å²) in [6, 6.07) is 4.86. The van der Waals surface area contributed by atoms with Crippen LogP contribution >= 0.6 is 0 Å². The summed E-state index contributed by atoms with van der Waals surface area (Å²) in [5.74, 6) is -5.87. The number of hydrogen-bond acceptors (Lipinski definition) is 2. The number of ketones is 1. The summed E-state index contributed by atoms with van der Waals surface area (Å²) in [6.07, 6.45) is 0.424. The van der Waals surface area contributed by atoms with Crippen molar-refractivity contribution < 1.29 is 22.4 Å². The van der Waals surface area contributed by atoms with Gasteiger partial charge in [-0.15, -0.1) is 0 Å². The van der Waals surface area contributed by atoms with Crippen molar-refractivity contribution in [1.29, 1.82) is 0 Å². The smallest absolute Gasteiger partial charge is 0.185 e. The van der Waals surface area contributed by atoms with Crippen LogP contribution < -0.4 is 4.90 Å². The maximum Gasteiger partial charge on any atom is 0.185 e. The first-order valence-electron chi connectivity index (χ1n) is 6.64. The zero-order chi connectivity index (χ0) is 16.0. The number of halogens is 4. The quantitative estimate of drug-likeness (QED) is 0.472. The van der Waals surface area contributed by atoms with Crippen molar-refractivity contribution in [2.45, 2.75) is 13.3 Å². The Kier molecular flexibility index (Phi) is 3.39. The van der Waals surface area contributed by atoms with E-state index >= 15 is 0 Å². The van der Waals surface area contributed by atoms with E-state index in [4.69, 9.17) is 0 Å². The van der Waals surface area contributed by atoms with Gasteiger partial charge in [-0.05, 0) is 37.1 Å². The molecule has 0 aromatic heterocycles. The van der Waals surface area contributed by atoms with Crippen molar-refractivity contribution in [3.8, 4) is 0 Å². The number of anilines is 2. The number of benzene rings is 2. The standard InChI is InChI=1S/C16H11F4NO/c1-8(22)9-2-3-13-10(6-9)4-5-21(13)16-14(19)11(17)7-12(18)15(16)20/h2-3,6-7H,4-5H2,1H3. The highest BCUT2D eigenvalue weighted by Crippen LogP contribution is 2.39. The van der Waals surface area contributed by atoms with Crippen LogP contribution in [0.3, 0.4) is 0 Å². The summed E-state index contributed by atoms with van der Waals surface area (Å²) in [4.78, 5) is 12.6. The lowest BCUT2D eigenvalue weighted by molar-refractivity contribution is 0.101. The highest BCUT2D eigenvalue weighted by molar-refractivity contribution is 5.95. The van der Waals surface area contributed by atoms with Crippen molar-refractivity contribution >= 4 is 17.2 Å². The zero-order valence-electron chi connectivity index (χ0n) is 11.6. The molecule has 1 heterocycles. The zero-order valence-corrected chi connectivity index (χ0v) is 11.6. The van der Waals surface area contributed by atoms with E-state index in [9.17, 15) is 22.4 Å². The van der Waals surface area contributed by atoms with Crippen LogP contribution in [0.1, 0.15) is 22.8 Å². The molecule has 0 spiro atoms. The van der Waals surface area contributed by atoms with Crippen LogP contribution in [0.4, 0.5) is 28.9 Å². The second-order valence-corrected chi connectivity index (χ2v) is 5.12. The summed E-state index contributed by atoms with van der Waals surface area (Å²) < 4.78 is 54.6. The number of Topliss-reactive ketones (excluding diaryl/α,β-unsaturated/α-hetero) is 1. The molecule has 1 aliphatic heterocycles. The highest BCUT2D eigenvalue weighted by atomic mass is 19.2. The van der Waals surface area contributed by atoms with Gasteiger partial charge >= 0.3 is 0 Å². The molecule has 0 saturated carbocycles.